The molecule has 3 rings (SSSR count). The molecule has 2 fully saturated rings. The van der Waals surface area contributed by atoms with Crippen LogP contribution in [0.3, 0.4) is 0 Å². The van der Waals surface area contributed by atoms with Gasteiger partial charge in [-0.2, -0.15) is 0 Å². The standard InChI is InChI=1S/C15H19FN4O3/c16-11-1-4-13(14(9-11)20(22)23)19-7-5-18(6-8-19)10-15(21)17-12-2-3-12/h1,4,9,12H,2-3,5-8,10H2,(H,17,21). The van der Waals surface area contributed by atoms with E-state index in [1.54, 1.807) is 0 Å². The Hall–Kier alpha value is -2.22. The zero-order valence-electron chi connectivity index (χ0n) is 12.7. The normalized spacial score (nSPS) is 18.7. The van der Waals surface area contributed by atoms with E-state index in [4.69, 9.17) is 0 Å². The number of nitrogens with zero attached hydrogens (tertiary/aromatic N) is 3. The second kappa shape index (κ2) is 6.49. The van der Waals surface area contributed by atoms with Crippen LogP contribution in [-0.2, 0) is 4.79 Å². The number of hydrogen-bond acceptors (Lipinski definition) is 5. The summed E-state index contributed by atoms with van der Waals surface area (Å²) in [5.74, 6) is -0.579. The van der Waals surface area contributed by atoms with E-state index < -0.39 is 10.7 Å². The first-order chi connectivity index (χ1) is 11.0. The van der Waals surface area contributed by atoms with Crippen molar-refractivity contribution in [3.05, 3.63) is 34.1 Å². The SMILES string of the molecule is O=C(CN1CCN(c2ccc(F)cc2[N+](=O)[O-])CC1)NC1CC1. The number of carbonyl (C=O) groups is 1. The van der Waals surface area contributed by atoms with E-state index >= 15 is 0 Å². The molecule has 0 radical (unpaired) electrons. The summed E-state index contributed by atoms with van der Waals surface area (Å²) in [6.07, 6.45) is 2.13. The molecule has 1 aliphatic carbocycles. The van der Waals surface area contributed by atoms with Crippen LogP contribution in [0.4, 0.5) is 15.8 Å². The first-order valence-electron chi connectivity index (χ1n) is 7.73. The maximum absolute atomic E-state index is 13.2. The van der Waals surface area contributed by atoms with Crippen LogP contribution in [0, 0.1) is 15.9 Å². The Kier molecular flexibility index (Phi) is 4.42. The van der Waals surface area contributed by atoms with Gasteiger partial charge in [0.1, 0.15) is 11.5 Å². The van der Waals surface area contributed by atoms with Crippen molar-refractivity contribution in [2.75, 3.05) is 37.6 Å². The fourth-order valence-corrected chi connectivity index (χ4v) is 2.76. The summed E-state index contributed by atoms with van der Waals surface area (Å²) in [5.41, 5.74) is 0.211. The lowest BCUT2D eigenvalue weighted by Crippen LogP contribution is -2.49. The van der Waals surface area contributed by atoms with Gasteiger partial charge in [0, 0.05) is 32.2 Å². The molecule has 0 atom stereocenters. The van der Waals surface area contributed by atoms with E-state index in [-0.39, 0.29) is 11.6 Å². The maximum atomic E-state index is 13.2. The Balaban J connectivity index is 1.58. The molecule has 1 aromatic carbocycles. The molecular formula is C15H19FN4O3. The quantitative estimate of drug-likeness (QED) is 0.649. The van der Waals surface area contributed by atoms with Crippen LogP contribution in [-0.4, -0.2) is 54.5 Å². The molecule has 1 aromatic rings. The number of piperazine rings is 1. The molecule has 1 saturated heterocycles. The molecular weight excluding hydrogens is 303 g/mol. The Morgan fingerprint density at radius 2 is 2.00 bits per heavy atom. The minimum Gasteiger partial charge on any atom is -0.363 e. The first kappa shape index (κ1) is 15.7. The molecule has 1 heterocycles. The molecule has 1 aliphatic heterocycles. The van der Waals surface area contributed by atoms with E-state index in [0.29, 0.717) is 44.5 Å². The summed E-state index contributed by atoms with van der Waals surface area (Å²) in [6.45, 7) is 2.79. The van der Waals surface area contributed by atoms with E-state index in [2.05, 4.69) is 5.32 Å². The molecule has 0 bridgehead atoms. The average molecular weight is 322 g/mol. The average Bonchev–Trinajstić information content (AvgIpc) is 3.32. The monoisotopic (exact) mass is 322 g/mol. The molecule has 23 heavy (non-hydrogen) atoms. The first-order valence-corrected chi connectivity index (χ1v) is 7.73. The van der Waals surface area contributed by atoms with E-state index in [0.717, 1.165) is 18.9 Å². The third kappa shape index (κ3) is 3.95. The number of carbonyl (C=O) groups excluding carboxylic acids is 1. The highest BCUT2D eigenvalue weighted by atomic mass is 19.1. The van der Waals surface area contributed by atoms with Gasteiger partial charge < -0.3 is 10.2 Å². The fourth-order valence-electron chi connectivity index (χ4n) is 2.76. The number of nitrogens with one attached hydrogen (secondary N) is 1. The van der Waals surface area contributed by atoms with Crippen LogP contribution in [0.2, 0.25) is 0 Å². The van der Waals surface area contributed by atoms with E-state index in [9.17, 15) is 19.3 Å². The maximum Gasteiger partial charge on any atom is 0.295 e. The molecule has 1 saturated carbocycles. The smallest absolute Gasteiger partial charge is 0.295 e. The topological polar surface area (TPSA) is 78.7 Å². The molecule has 124 valence electrons. The number of hydrogen-bond donors (Lipinski definition) is 1. The van der Waals surface area contributed by atoms with Gasteiger partial charge in [-0.05, 0) is 25.0 Å². The van der Waals surface area contributed by atoms with Crippen molar-refractivity contribution in [2.24, 2.45) is 0 Å². The van der Waals surface area contributed by atoms with Crippen molar-refractivity contribution >= 4 is 17.3 Å². The lowest BCUT2D eigenvalue weighted by atomic mass is 10.2. The Bertz CT molecular complexity index is 613. The van der Waals surface area contributed by atoms with E-state index in [1.807, 2.05) is 9.80 Å². The van der Waals surface area contributed by atoms with E-state index in [1.165, 1.54) is 12.1 Å². The van der Waals surface area contributed by atoms with Crippen molar-refractivity contribution in [3.8, 4) is 0 Å². The lowest BCUT2D eigenvalue weighted by molar-refractivity contribution is -0.384. The molecule has 0 spiro atoms. The van der Waals surface area contributed by atoms with Crippen LogP contribution in [0.5, 0.6) is 0 Å². The van der Waals surface area contributed by atoms with Gasteiger partial charge in [0.15, 0.2) is 0 Å². The predicted octanol–water partition coefficient (Wildman–Crippen LogP) is 1.13. The minimum absolute atomic E-state index is 0.0358. The third-order valence-corrected chi connectivity index (χ3v) is 4.16. The number of nitro groups is 1. The van der Waals surface area contributed by atoms with Crippen LogP contribution in [0.1, 0.15) is 12.8 Å². The highest BCUT2D eigenvalue weighted by molar-refractivity contribution is 5.78. The zero-order valence-corrected chi connectivity index (χ0v) is 12.7. The number of halogens is 1. The van der Waals surface area contributed by atoms with Crippen LogP contribution in [0.15, 0.2) is 18.2 Å². The van der Waals surface area contributed by atoms with Gasteiger partial charge in [0.2, 0.25) is 5.91 Å². The zero-order chi connectivity index (χ0) is 16.4. The summed E-state index contributed by atoms with van der Waals surface area (Å²) < 4.78 is 13.2. The summed E-state index contributed by atoms with van der Waals surface area (Å²) in [7, 11) is 0. The number of rotatable bonds is 5. The number of anilines is 1. The van der Waals surface area contributed by atoms with Crippen molar-refractivity contribution in [3.63, 3.8) is 0 Å². The highest BCUT2D eigenvalue weighted by Gasteiger charge is 2.27. The van der Waals surface area contributed by atoms with Crippen molar-refractivity contribution in [2.45, 2.75) is 18.9 Å². The Labute approximate surface area is 133 Å². The molecule has 1 N–H and O–H groups in total. The van der Waals surface area contributed by atoms with Gasteiger partial charge in [-0.15, -0.1) is 0 Å². The summed E-state index contributed by atoms with van der Waals surface area (Å²) in [6, 6.07) is 3.98. The molecule has 0 aromatic heterocycles. The largest absolute Gasteiger partial charge is 0.363 e. The summed E-state index contributed by atoms with van der Waals surface area (Å²) in [4.78, 5) is 26.2. The van der Waals surface area contributed by atoms with Gasteiger partial charge >= 0.3 is 0 Å². The minimum atomic E-state index is -0.615. The predicted molar refractivity (Wildman–Crippen MR) is 82.9 cm³/mol. The molecule has 0 unspecified atom stereocenters. The Morgan fingerprint density at radius 1 is 1.30 bits per heavy atom. The number of amides is 1. The number of benzene rings is 1. The van der Waals surface area contributed by atoms with Crippen LogP contribution >= 0.6 is 0 Å². The molecule has 1 amide bonds. The summed E-state index contributed by atoms with van der Waals surface area (Å²) >= 11 is 0. The third-order valence-electron chi connectivity index (χ3n) is 4.16. The van der Waals surface area contributed by atoms with Gasteiger partial charge in [-0.25, -0.2) is 4.39 Å². The number of nitro benzene ring substituents is 1. The highest BCUT2D eigenvalue weighted by Crippen LogP contribution is 2.29. The second-order valence-corrected chi connectivity index (χ2v) is 6.00. The van der Waals surface area contributed by atoms with Crippen molar-refractivity contribution in [1.29, 1.82) is 0 Å². The van der Waals surface area contributed by atoms with Gasteiger partial charge in [-0.1, -0.05) is 0 Å². The van der Waals surface area contributed by atoms with Crippen molar-refractivity contribution < 1.29 is 14.1 Å². The summed E-state index contributed by atoms with van der Waals surface area (Å²) in [5, 5.41) is 14.0. The molecule has 2 aliphatic rings. The van der Waals surface area contributed by atoms with Gasteiger partial charge in [0.05, 0.1) is 17.5 Å². The Morgan fingerprint density at radius 3 is 2.61 bits per heavy atom. The van der Waals surface area contributed by atoms with Crippen LogP contribution in [0.25, 0.3) is 0 Å². The van der Waals surface area contributed by atoms with Crippen molar-refractivity contribution in [1.82, 2.24) is 10.2 Å². The lowest BCUT2D eigenvalue weighted by Gasteiger charge is -2.35. The van der Waals surface area contributed by atoms with Crippen LogP contribution < -0.4 is 10.2 Å². The second-order valence-electron chi connectivity index (χ2n) is 6.00. The van der Waals surface area contributed by atoms with Gasteiger partial charge in [0.25, 0.3) is 5.69 Å². The molecule has 7 nitrogen and oxygen atoms in total. The fraction of sp³-hybridized carbons (Fsp3) is 0.533. The molecule has 8 heteroatoms. The van der Waals surface area contributed by atoms with Gasteiger partial charge in [-0.3, -0.25) is 19.8 Å².